The van der Waals surface area contributed by atoms with Crippen molar-refractivity contribution in [2.75, 3.05) is 20.6 Å². The highest BCUT2D eigenvalue weighted by Crippen LogP contribution is 2.33. The predicted molar refractivity (Wildman–Crippen MR) is 82.4 cm³/mol. The van der Waals surface area contributed by atoms with Crippen molar-refractivity contribution in [3.63, 3.8) is 0 Å². The molecule has 112 valence electrons. The van der Waals surface area contributed by atoms with Gasteiger partial charge in [0.15, 0.2) is 0 Å². The molecule has 20 heavy (non-hydrogen) atoms. The molecule has 1 N–H and O–H groups in total. The normalized spacial score (nSPS) is 19.5. The van der Waals surface area contributed by atoms with E-state index in [4.69, 9.17) is 0 Å². The Labute approximate surface area is 122 Å². The minimum Gasteiger partial charge on any atom is -0.308 e. The van der Waals surface area contributed by atoms with Gasteiger partial charge in [0.25, 0.3) is 0 Å². The van der Waals surface area contributed by atoms with Crippen LogP contribution in [0.4, 0.5) is 4.39 Å². The van der Waals surface area contributed by atoms with Crippen LogP contribution in [-0.2, 0) is 0 Å². The summed E-state index contributed by atoms with van der Waals surface area (Å²) < 4.78 is 13.6. The fraction of sp³-hybridized carbons (Fsp3) is 0.647. The van der Waals surface area contributed by atoms with E-state index in [0.29, 0.717) is 5.56 Å². The largest absolute Gasteiger partial charge is 0.308 e. The molecule has 3 heteroatoms. The molecule has 2 nitrogen and oxygen atoms in total. The van der Waals surface area contributed by atoms with Crippen LogP contribution in [0.25, 0.3) is 0 Å². The first-order valence-corrected chi connectivity index (χ1v) is 7.61. The molecule has 0 radical (unpaired) electrons. The summed E-state index contributed by atoms with van der Waals surface area (Å²) in [6.45, 7) is 4.88. The minimum absolute atomic E-state index is 0.112. The number of rotatable bonds is 5. The smallest absolute Gasteiger partial charge is 0.126 e. The SMILES string of the molecule is Cc1ccc(C(C)NCC2(N(C)C)CCCC2)cc1F. The molecule has 1 fully saturated rings. The first-order chi connectivity index (χ1) is 9.44. The van der Waals surface area contributed by atoms with E-state index in [9.17, 15) is 4.39 Å². The lowest BCUT2D eigenvalue weighted by atomic mass is 9.95. The second-order valence-electron chi connectivity index (χ2n) is 6.44. The van der Waals surface area contributed by atoms with Gasteiger partial charge in [0.2, 0.25) is 0 Å². The Morgan fingerprint density at radius 2 is 1.95 bits per heavy atom. The number of nitrogens with zero attached hydrogens (tertiary/aromatic N) is 1. The highest BCUT2D eigenvalue weighted by molar-refractivity contribution is 5.25. The molecular formula is C17H27FN2. The highest BCUT2D eigenvalue weighted by Gasteiger charge is 2.35. The fourth-order valence-electron chi connectivity index (χ4n) is 3.15. The Balaban J connectivity index is 2.00. The maximum Gasteiger partial charge on any atom is 0.126 e. The molecule has 1 aliphatic rings. The van der Waals surface area contributed by atoms with Crippen LogP contribution in [0, 0.1) is 12.7 Å². The molecule has 1 aromatic rings. The third kappa shape index (κ3) is 3.21. The van der Waals surface area contributed by atoms with Crippen LogP contribution >= 0.6 is 0 Å². The predicted octanol–water partition coefficient (Wildman–Crippen LogP) is 3.66. The first-order valence-electron chi connectivity index (χ1n) is 7.61. The number of halogens is 1. The summed E-state index contributed by atoms with van der Waals surface area (Å²) in [4.78, 5) is 2.36. The number of benzene rings is 1. The minimum atomic E-state index is -0.112. The van der Waals surface area contributed by atoms with Gasteiger partial charge in [0.1, 0.15) is 5.82 Å². The lowest BCUT2D eigenvalue weighted by Crippen LogP contribution is -2.50. The summed E-state index contributed by atoms with van der Waals surface area (Å²) in [5.74, 6) is -0.112. The molecule has 2 rings (SSSR count). The Morgan fingerprint density at radius 3 is 2.50 bits per heavy atom. The first kappa shape index (κ1) is 15.5. The van der Waals surface area contributed by atoms with Crippen molar-refractivity contribution in [3.8, 4) is 0 Å². The van der Waals surface area contributed by atoms with E-state index in [1.165, 1.54) is 25.7 Å². The Hall–Kier alpha value is -0.930. The molecule has 1 aliphatic carbocycles. The Morgan fingerprint density at radius 1 is 1.30 bits per heavy atom. The fourth-order valence-corrected chi connectivity index (χ4v) is 3.15. The summed E-state index contributed by atoms with van der Waals surface area (Å²) in [5, 5.41) is 3.60. The Bertz CT molecular complexity index is 450. The monoisotopic (exact) mass is 278 g/mol. The number of nitrogens with one attached hydrogen (secondary N) is 1. The van der Waals surface area contributed by atoms with E-state index in [0.717, 1.165) is 12.1 Å². The van der Waals surface area contributed by atoms with E-state index in [2.05, 4.69) is 31.2 Å². The average Bonchev–Trinajstić information content (AvgIpc) is 2.89. The van der Waals surface area contributed by atoms with Gasteiger partial charge < -0.3 is 10.2 Å². The van der Waals surface area contributed by atoms with Crippen LogP contribution in [0.1, 0.15) is 49.8 Å². The van der Waals surface area contributed by atoms with E-state index < -0.39 is 0 Å². The zero-order valence-electron chi connectivity index (χ0n) is 13.2. The average molecular weight is 278 g/mol. The van der Waals surface area contributed by atoms with Gasteiger partial charge in [-0.3, -0.25) is 0 Å². The van der Waals surface area contributed by atoms with Crippen molar-refractivity contribution in [1.82, 2.24) is 10.2 Å². The molecule has 0 amide bonds. The molecule has 1 aromatic carbocycles. The number of hydrogen-bond acceptors (Lipinski definition) is 2. The summed E-state index contributed by atoms with van der Waals surface area (Å²) >= 11 is 0. The quantitative estimate of drug-likeness (QED) is 0.884. The van der Waals surface area contributed by atoms with Crippen LogP contribution in [-0.4, -0.2) is 31.1 Å². The van der Waals surface area contributed by atoms with Crippen LogP contribution in [0.15, 0.2) is 18.2 Å². The van der Waals surface area contributed by atoms with Gasteiger partial charge in [0.05, 0.1) is 0 Å². The van der Waals surface area contributed by atoms with Crippen LogP contribution < -0.4 is 5.32 Å². The lowest BCUT2D eigenvalue weighted by molar-refractivity contribution is 0.150. The zero-order chi connectivity index (χ0) is 14.8. The molecule has 1 saturated carbocycles. The molecule has 0 bridgehead atoms. The second-order valence-corrected chi connectivity index (χ2v) is 6.44. The zero-order valence-corrected chi connectivity index (χ0v) is 13.2. The van der Waals surface area contributed by atoms with Crippen molar-refractivity contribution in [3.05, 3.63) is 35.1 Å². The number of likely N-dealkylation sites (N-methyl/N-ethyl adjacent to an activating group) is 1. The van der Waals surface area contributed by atoms with Gasteiger partial charge in [-0.1, -0.05) is 25.0 Å². The van der Waals surface area contributed by atoms with Gasteiger partial charge in [0, 0.05) is 18.1 Å². The molecule has 1 atom stereocenters. The van der Waals surface area contributed by atoms with Crippen molar-refractivity contribution in [2.24, 2.45) is 0 Å². The highest BCUT2D eigenvalue weighted by atomic mass is 19.1. The van der Waals surface area contributed by atoms with Gasteiger partial charge in [-0.15, -0.1) is 0 Å². The summed E-state index contributed by atoms with van der Waals surface area (Å²) in [5.41, 5.74) is 2.01. The molecule has 0 spiro atoms. The molecule has 0 aliphatic heterocycles. The number of aryl methyl sites for hydroxylation is 1. The van der Waals surface area contributed by atoms with Crippen LogP contribution in [0.2, 0.25) is 0 Å². The Kier molecular flexibility index (Phi) is 4.82. The van der Waals surface area contributed by atoms with Crippen LogP contribution in [0.5, 0.6) is 0 Å². The topological polar surface area (TPSA) is 15.3 Å². The van der Waals surface area contributed by atoms with Gasteiger partial charge in [-0.2, -0.15) is 0 Å². The van der Waals surface area contributed by atoms with E-state index >= 15 is 0 Å². The van der Waals surface area contributed by atoms with Gasteiger partial charge in [-0.25, -0.2) is 4.39 Å². The third-order valence-corrected chi connectivity index (χ3v) is 4.92. The molecule has 0 aromatic heterocycles. The standard InChI is InChI=1S/C17H27FN2/c1-13-7-8-15(11-16(13)18)14(2)19-12-17(20(3)4)9-5-6-10-17/h7-8,11,14,19H,5-6,9-10,12H2,1-4H3. The van der Waals surface area contributed by atoms with Gasteiger partial charge >= 0.3 is 0 Å². The summed E-state index contributed by atoms with van der Waals surface area (Å²) in [6, 6.07) is 5.72. The third-order valence-electron chi connectivity index (χ3n) is 4.92. The number of hydrogen-bond donors (Lipinski definition) is 1. The summed E-state index contributed by atoms with van der Waals surface area (Å²) in [6.07, 6.45) is 5.13. The van der Waals surface area contributed by atoms with Gasteiger partial charge in [-0.05, 0) is 58.0 Å². The van der Waals surface area contributed by atoms with Crippen molar-refractivity contribution >= 4 is 0 Å². The van der Waals surface area contributed by atoms with Crippen molar-refractivity contribution < 1.29 is 4.39 Å². The molecule has 0 heterocycles. The maximum atomic E-state index is 13.6. The van der Waals surface area contributed by atoms with E-state index in [1.54, 1.807) is 13.0 Å². The summed E-state index contributed by atoms with van der Waals surface area (Å²) in [7, 11) is 4.34. The lowest BCUT2D eigenvalue weighted by Gasteiger charge is -2.37. The van der Waals surface area contributed by atoms with Crippen LogP contribution in [0.3, 0.4) is 0 Å². The molecule has 0 saturated heterocycles. The maximum absolute atomic E-state index is 13.6. The van der Waals surface area contributed by atoms with Crippen molar-refractivity contribution in [2.45, 2.75) is 51.1 Å². The molecule has 1 unspecified atom stereocenters. The van der Waals surface area contributed by atoms with E-state index in [-0.39, 0.29) is 17.4 Å². The second kappa shape index (κ2) is 6.23. The molecular weight excluding hydrogens is 251 g/mol. The van der Waals surface area contributed by atoms with Crippen molar-refractivity contribution in [1.29, 1.82) is 0 Å². The van der Waals surface area contributed by atoms with E-state index in [1.807, 2.05) is 12.1 Å².